The third-order valence-electron chi connectivity index (χ3n) is 3.60. The van der Waals surface area contributed by atoms with Crippen molar-refractivity contribution < 1.29 is 5.21 Å². The molecule has 4 heteroatoms. The Morgan fingerprint density at radius 2 is 2.06 bits per heavy atom. The number of amidine groups is 1. The summed E-state index contributed by atoms with van der Waals surface area (Å²) in [5.41, 5.74) is 5.40. The summed E-state index contributed by atoms with van der Waals surface area (Å²) in [6.07, 6.45) is 8.31. The van der Waals surface area contributed by atoms with Gasteiger partial charge in [-0.05, 0) is 44.6 Å². The molecule has 0 aromatic rings. The summed E-state index contributed by atoms with van der Waals surface area (Å²) in [6, 6.07) is 0.690. The fourth-order valence-electron chi connectivity index (χ4n) is 2.40. The first-order chi connectivity index (χ1) is 7.76. The third kappa shape index (κ3) is 4.84. The second kappa shape index (κ2) is 7.49. The molecule has 0 aliphatic heterocycles. The van der Waals surface area contributed by atoms with E-state index in [4.69, 9.17) is 10.9 Å². The Morgan fingerprint density at radius 1 is 1.38 bits per heavy atom. The van der Waals surface area contributed by atoms with Crippen LogP contribution in [0.15, 0.2) is 5.16 Å². The maximum Gasteiger partial charge on any atom is 0.139 e. The van der Waals surface area contributed by atoms with E-state index in [2.05, 4.69) is 17.4 Å². The molecule has 16 heavy (non-hydrogen) atoms. The average molecular weight is 227 g/mol. The molecule has 0 amide bonds. The first-order valence-electron chi connectivity index (χ1n) is 6.46. The topological polar surface area (TPSA) is 70.6 Å². The molecule has 0 saturated heterocycles. The van der Waals surface area contributed by atoms with Crippen LogP contribution >= 0.6 is 0 Å². The van der Waals surface area contributed by atoms with Crippen LogP contribution in [0.2, 0.25) is 0 Å². The summed E-state index contributed by atoms with van der Waals surface area (Å²) in [5.74, 6) is 1.28. The van der Waals surface area contributed by atoms with E-state index in [0.717, 1.165) is 18.9 Å². The molecule has 1 fully saturated rings. The van der Waals surface area contributed by atoms with Crippen LogP contribution < -0.4 is 11.1 Å². The zero-order valence-electron chi connectivity index (χ0n) is 10.3. The normalized spacial score (nSPS) is 26.9. The van der Waals surface area contributed by atoms with Crippen molar-refractivity contribution in [1.29, 1.82) is 0 Å². The van der Waals surface area contributed by atoms with Gasteiger partial charge in [0.2, 0.25) is 0 Å². The van der Waals surface area contributed by atoms with E-state index >= 15 is 0 Å². The molecule has 0 radical (unpaired) electrons. The Morgan fingerprint density at radius 3 is 2.62 bits per heavy atom. The molecule has 0 aromatic carbocycles. The largest absolute Gasteiger partial charge is 0.409 e. The highest BCUT2D eigenvalue weighted by Gasteiger charge is 2.18. The van der Waals surface area contributed by atoms with Gasteiger partial charge in [0, 0.05) is 12.5 Å². The Hall–Kier alpha value is -0.770. The lowest BCUT2D eigenvalue weighted by molar-refractivity contribution is 0.286. The average Bonchev–Trinajstić information content (AvgIpc) is 2.35. The summed E-state index contributed by atoms with van der Waals surface area (Å²) in [5, 5.41) is 14.9. The Kier molecular flexibility index (Phi) is 6.23. The fraction of sp³-hybridized carbons (Fsp3) is 0.917. The van der Waals surface area contributed by atoms with Crippen LogP contribution in [0, 0.1) is 5.92 Å². The first kappa shape index (κ1) is 13.3. The number of nitrogens with zero attached hydrogens (tertiary/aromatic N) is 1. The molecular formula is C12H25N3O. The van der Waals surface area contributed by atoms with Gasteiger partial charge in [0.15, 0.2) is 0 Å². The molecule has 1 aliphatic rings. The van der Waals surface area contributed by atoms with Crippen molar-refractivity contribution in [2.75, 3.05) is 6.54 Å². The minimum atomic E-state index is 0.330. The second-order valence-corrected chi connectivity index (χ2v) is 4.77. The van der Waals surface area contributed by atoms with E-state index in [-0.39, 0.29) is 0 Å². The van der Waals surface area contributed by atoms with E-state index in [1.807, 2.05) is 0 Å². The van der Waals surface area contributed by atoms with Crippen LogP contribution in [-0.4, -0.2) is 23.6 Å². The third-order valence-corrected chi connectivity index (χ3v) is 3.60. The van der Waals surface area contributed by atoms with E-state index < -0.39 is 0 Å². The van der Waals surface area contributed by atoms with Gasteiger partial charge in [0.1, 0.15) is 5.84 Å². The lowest BCUT2D eigenvalue weighted by Gasteiger charge is -2.28. The number of nitrogens with two attached hydrogens (primary N) is 1. The van der Waals surface area contributed by atoms with E-state index in [0.29, 0.717) is 18.3 Å². The van der Waals surface area contributed by atoms with Gasteiger partial charge in [0.25, 0.3) is 0 Å². The molecular weight excluding hydrogens is 202 g/mol. The minimum Gasteiger partial charge on any atom is -0.409 e. The molecule has 0 unspecified atom stereocenters. The molecule has 0 aromatic heterocycles. The number of rotatable bonds is 6. The quantitative estimate of drug-likeness (QED) is 0.214. The predicted octanol–water partition coefficient (Wildman–Crippen LogP) is 2.07. The molecule has 4 nitrogen and oxygen atoms in total. The number of hydrogen-bond donors (Lipinski definition) is 3. The molecule has 0 spiro atoms. The first-order valence-corrected chi connectivity index (χ1v) is 6.46. The summed E-state index contributed by atoms with van der Waals surface area (Å²) in [4.78, 5) is 0. The summed E-state index contributed by atoms with van der Waals surface area (Å²) in [7, 11) is 0. The summed E-state index contributed by atoms with van der Waals surface area (Å²) >= 11 is 0. The second-order valence-electron chi connectivity index (χ2n) is 4.77. The van der Waals surface area contributed by atoms with Gasteiger partial charge < -0.3 is 16.3 Å². The van der Waals surface area contributed by atoms with Gasteiger partial charge in [-0.2, -0.15) is 0 Å². The van der Waals surface area contributed by atoms with Gasteiger partial charge in [-0.25, -0.2) is 0 Å². The van der Waals surface area contributed by atoms with Crippen molar-refractivity contribution in [1.82, 2.24) is 5.32 Å². The number of hydrogen-bond acceptors (Lipinski definition) is 3. The maximum absolute atomic E-state index is 8.38. The SMILES string of the molecule is CCC1CCC(NCCCC(N)=NO)CC1. The molecule has 0 bridgehead atoms. The molecule has 0 atom stereocenters. The van der Waals surface area contributed by atoms with Crippen LogP contribution in [-0.2, 0) is 0 Å². The molecule has 1 aliphatic carbocycles. The van der Waals surface area contributed by atoms with Crippen molar-refractivity contribution in [3.8, 4) is 0 Å². The van der Waals surface area contributed by atoms with E-state index in [9.17, 15) is 0 Å². The van der Waals surface area contributed by atoms with Crippen LogP contribution in [0.25, 0.3) is 0 Å². The van der Waals surface area contributed by atoms with Crippen LogP contribution in [0.5, 0.6) is 0 Å². The van der Waals surface area contributed by atoms with Crippen molar-refractivity contribution in [2.45, 2.75) is 57.9 Å². The highest BCUT2D eigenvalue weighted by Crippen LogP contribution is 2.26. The predicted molar refractivity (Wildman–Crippen MR) is 66.7 cm³/mol. The van der Waals surface area contributed by atoms with Crippen molar-refractivity contribution >= 4 is 5.84 Å². The summed E-state index contributed by atoms with van der Waals surface area (Å²) in [6.45, 7) is 3.26. The molecule has 4 N–H and O–H groups in total. The highest BCUT2D eigenvalue weighted by molar-refractivity contribution is 5.79. The number of oxime groups is 1. The molecule has 1 rings (SSSR count). The number of nitrogens with one attached hydrogen (secondary N) is 1. The summed E-state index contributed by atoms with van der Waals surface area (Å²) < 4.78 is 0. The van der Waals surface area contributed by atoms with Gasteiger partial charge in [-0.3, -0.25) is 0 Å². The standard InChI is InChI=1S/C12H25N3O/c1-2-10-5-7-11(8-6-10)14-9-3-4-12(13)15-16/h10-11,14,16H,2-9H2,1H3,(H2,13,15). The smallest absolute Gasteiger partial charge is 0.139 e. The van der Waals surface area contributed by atoms with E-state index in [1.54, 1.807) is 0 Å². The Bertz CT molecular complexity index is 210. The van der Waals surface area contributed by atoms with Crippen LogP contribution in [0.4, 0.5) is 0 Å². The van der Waals surface area contributed by atoms with E-state index in [1.165, 1.54) is 32.1 Å². The van der Waals surface area contributed by atoms with Crippen molar-refractivity contribution in [2.24, 2.45) is 16.8 Å². The lowest BCUT2D eigenvalue weighted by Crippen LogP contribution is -2.34. The monoisotopic (exact) mass is 227 g/mol. The van der Waals surface area contributed by atoms with Crippen molar-refractivity contribution in [3.63, 3.8) is 0 Å². The Balaban J connectivity index is 2.02. The molecule has 94 valence electrons. The highest BCUT2D eigenvalue weighted by atomic mass is 16.4. The molecule has 0 heterocycles. The molecule has 1 saturated carbocycles. The van der Waals surface area contributed by atoms with Gasteiger partial charge >= 0.3 is 0 Å². The van der Waals surface area contributed by atoms with Gasteiger partial charge in [-0.1, -0.05) is 18.5 Å². The maximum atomic E-state index is 8.38. The zero-order valence-corrected chi connectivity index (χ0v) is 10.3. The fourth-order valence-corrected chi connectivity index (χ4v) is 2.40. The van der Waals surface area contributed by atoms with Gasteiger partial charge in [-0.15, -0.1) is 0 Å². The van der Waals surface area contributed by atoms with Crippen LogP contribution in [0.1, 0.15) is 51.9 Å². The Labute approximate surface area is 98.3 Å². The zero-order chi connectivity index (χ0) is 11.8. The van der Waals surface area contributed by atoms with Crippen molar-refractivity contribution in [3.05, 3.63) is 0 Å². The van der Waals surface area contributed by atoms with Gasteiger partial charge in [0.05, 0.1) is 0 Å². The minimum absolute atomic E-state index is 0.330. The lowest BCUT2D eigenvalue weighted by atomic mass is 9.84. The van der Waals surface area contributed by atoms with Crippen LogP contribution in [0.3, 0.4) is 0 Å².